The van der Waals surface area contributed by atoms with Crippen LogP contribution in [0.1, 0.15) is 43.5 Å². The first-order chi connectivity index (χ1) is 9.51. The number of hydrogen-bond donors (Lipinski definition) is 2. The molecule has 1 aromatic carbocycles. The summed E-state index contributed by atoms with van der Waals surface area (Å²) in [5.74, 6) is 1.68. The number of carbonyl (C=O) groups excluding carboxylic acids is 1. The zero-order chi connectivity index (χ0) is 14.7. The van der Waals surface area contributed by atoms with Crippen LogP contribution in [0.2, 0.25) is 0 Å². The van der Waals surface area contributed by atoms with Crippen molar-refractivity contribution < 1.29 is 9.53 Å². The Morgan fingerprint density at radius 3 is 2.75 bits per heavy atom. The summed E-state index contributed by atoms with van der Waals surface area (Å²) in [4.78, 5) is 11.3. The average molecular weight is 276 g/mol. The van der Waals surface area contributed by atoms with Gasteiger partial charge in [-0.3, -0.25) is 4.79 Å². The van der Waals surface area contributed by atoms with Gasteiger partial charge in [0.25, 0.3) is 0 Å². The molecule has 4 nitrogen and oxygen atoms in total. The molecule has 1 aliphatic rings. The van der Waals surface area contributed by atoms with Gasteiger partial charge in [0, 0.05) is 11.6 Å². The van der Waals surface area contributed by atoms with Crippen LogP contribution in [0.25, 0.3) is 0 Å². The minimum atomic E-state index is -0.416. The molecule has 1 amide bonds. The maximum absolute atomic E-state index is 11.3. The highest BCUT2D eigenvalue weighted by atomic mass is 16.5. The van der Waals surface area contributed by atoms with Gasteiger partial charge in [0.2, 0.25) is 5.91 Å². The lowest BCUT2D eigenvalue weighted by Crippen LogP contribution is -2.33. The Bertz CT molecular complexity index is 487. The fraction of sp³-hybridized carbons (Fsp3) is 0.562. The van der Waals surface area contributed by atoms with Crippen molar-refractivity contribution in [3.63, 3.8) is 0 Å². The van der Waals surface area contributed by atoms with Crippen LogP contribution < -0.4 is 15.8 Å². The normalized spacial score (nSPS) is 26.1. The van der Waals surface area contributed by atoms with Crippen LogP contribution in [0.4, 0.5) is 5.69 Å². The maximum Gasteiger partial charge on any atom is 0.248 e. The van der Waals surface area contributed by atoms with Crippen molar-refractivity contribution in [1.82, 2.24) is 0 Å². The molecule has 0 radical (unpaired) electrons. The van der Waals surface area contributed by atoms with Gasteiger partial charge in [0.1, 0.15) is 5.75 Å². The molecule has 4 heteroatoms. The number of methoxy groups -OCH3 is 1. The van der Waals surface area contributed by atoms with Crippen LogP contribution in [0.3, 0.4) is 0 Å². The molecule has 0 heterocycles. The smallest absolute Gasteiger partial charge is 0.248 e. The monoisotopic (exact) mass is 276 g/mol. The summed E-state index contributed by atoms with van der Waals surface area (Å²) >= 11 is 0. The van der Waals surface area contributed by atoms with E-state index in [-0.39, 0.29) is 0 Å². The van der Waals surface area contributed by atoms with Gasteiger partial charge >= 0.3 is 0 Å². The largest absolute Gasteiger partial charge is 0.495 e. The molecule has 0 aliphatic heterocycles. The number of rotatable bonds is 4. The molecule has 3 N–H and O–H groups in total. The number of nitrogens with two attached hydrogens (primary N) is 1. The molecule has 1 fully saturated rings. The second kappa shape index (κ2) is 6.16. The van der Waals surface area contributed by atoms with Gasteiger partial charge < -0.3 is 15.8 Å². The first kappa shape index (κ1) is 14.7. The Labute approximate surface area is 120 Å². The van der Waals surface area contributed by atoms with Gasteiger partial charge in [0.15, 0.2) is 0 Å². The maximum atomic E-state index is 11.3. The van der Waals surface area contributed by atoms with E-state index < -0.39 is 5.91 Å². The Morgan fingerprint density at radius 1 is 1.35 bits per heavy atom. The zero-order valence-corrected chi connectivity index (χ0v) is 12.5. The van der Waals surface area contributed by atoms with E-state index in [0.29, 0.717) is 17.5 Å². The number of amides is 1. The summed E-state index contributed by atoms with van der Waals surface area (Å²) in [5.41, 5.74) is 6.71. The quantitative estimate of drug-likeness (QED) is 0.888. The minimum absolute atomic E-state index is 0.413. The van der Waals surface area contributed by atoms with Gasteiger partial charge in [-0.25, -0.2) is 0 Å². The molecule has 3 unspecified atom stereocenters. The predicted octanol–water partition coefficient (Wildman–Crippen LogP) is 3.03. The number of benzene rings is 1. The minimum Gasteiger partial charge on any atom is -0.495 e. The Balaban J connectivity index is 2.22. The van der Waals surface area contributed by atoms with E-state index in [9.17, 15) is 4.79 Å². The highest BCUT2D eigenvalue weighted by molar-refractivity contribution is 5.94. The fourth-order valence-electron chi connectivity index (χ4n) is 2.91. The fourth-order valence-corrected chi connectivity index (χ4v) is 2.91. The molecule has 0 aromatic heterocycles. The Kier molecular flexibility index (Phi) is 4.53. The summed E-state index contributed by atoms with van der Waals surface area (Å²) in [6, 6.07) is 5.68. The standard InChI is InChI=1S/C16H24N2O2/c1-10-4-5-11(2)13(8-10)18-14-9-12(16(17)19)6-7-15(14)20-3/h6-7,9-11,13,18H,4-5,8H2,1-3H3,(H2,17,19). The molecule has 0 saturated heterocycles. The van der Waals surface area contributed by atoms with Crippen molar-refractivity contribution in [1.29, 1.82) is 0 Å². The molecule has 1 saturated carbocycles. The van der Waals surface area contributed by atoms with Crippen molar-refractivity contribution in [2.75, 3.05) is 12.4 Å². The SMILES string of the molecule is COc1ccc(C(N)=O)cc1NC1CC(C)CCC1C. The van der Waals surface area contributed by atoms with Gasteiger partial charge in [-0.2, -0.15) is 0 Å². The Hall–Kier alpha value is -1.71. The topological polar surface area (TPSA) is 64.3 Å². The van der Waals surface area contributed by atoms with Gasteiger partial charge in [0.05, 0.1) is 12.8 Å². The number of carbonyl (C=O) groups is 1. The van der Waals surface area contributed by atoms with Crippen molar-refractivity contribution in [3.8, 4) is 5.75 Å². The average Bonchev–Trinajstić information content (AvgIpc) is 2.42. The van der Waals surface area contributed by atoms with Crippen molar-refractivity contribution in [2.45, 2.75) is 39.2 Å². The second-order valence-electron chi connectivity index (χ2n) is 5.93. The molecular formula is C16H24N2O2. The third-order valence-electron chi connectivity index (χ3n) is 4.28. The molecule has 2 rings (SSSR count). The van der Waals surface area contributed by atoms with E-state index >= 15 is 0 Å². The lowest BCUT2D eigenvalue weighted by Gasteiger charge is -2.34. The van der Waals surface area contributed by atoms with Gasteiger partial charge in [-0.15, -0.1) is 0 Å². The summed E-state index contributed by atoms with van der Waals surface area (Å²) in [7, 11) is 1.64. The molecule has 3 atom stereocenters. The van der Waals surface area contributed by atoms with E-state index in [1.165, 1.54) is 12.8 Å². The van der Waals surface area contributed by atoms with Crippen LogP contribution >= 0.6 is 0 Å². The third-order valence-corrected chi connectivity index (χ3v) is 4.28. The van der Waals surface area contributed by atoms with Crippen LogP contribution in [-0.4, -0.2) is 19.1 Å². The van der Waals surface area contributed by atoms with Crippen LogP contribution in [-0.2, 0) is 0 Å². The first-order valence-electron chi connectivity index (χ1n) is 7.25. The lowest BCUT2D eigenvalue weighted by atomic mass is 9.80. The van der Waals surface area contributed by atoms with E-state index in [1.807, 2.05) is 0 Å². The Morgan fingerprint density at radius 2 is 2.10 bits per heavy atom. The van der Waals surface area contributed by atoms with Crippen molar-refractivity contribution >= 4 is 11.6 Å². The highest BCUT2D eigenvalue weighted by Gasteiger charge is 2.26. The number of hydrogen-bond acceptors (Lipinski definition) is 3. The summed E-state index contributed by atoms with van der Waals surface area (Å²) < 4.78 is 5.37. The van der Waals surface area contributed by atoms with Gasteiger partial charge in [-0.1, -0.05) is 20.3 Å². The van der Waals surface area contributed by atoms with E-state index in [2.05, 4.69) is 19.2 Å². The molecule has 0 spiro atoms. The van der Waals surface area contributed by atoms with Crippen LogP contribution in [0, 0.1) is 11.8 Å². The summed E-state index contributed by atoms with van der Waals surface area (Å²) in [6.45, 7) is 4.56. The molecule has 0 bridgehead atoms. The molecule has 1 aliphatic carbocycles. The van der Waals surface area contributed by atoms with Crippen LogP contribution in [0.15, 0.2) is 18.2 Å². The lowest BCUT2D eigenvalue weighted by molar-refractivity contribution is 0.100. The molecule has 110 valence electrons. The number of primary amides is 1. The predicted molar refractivity (Wildman–Crippen MR) is 81.1 cm³/mol. The van der Waals surface area contributed by atoms with Crippen molar-refractivity contribution in [2.24, 2.45) is 17.6 Å². The summed E-state index contributed by atoms with van der Waals surface area (Å²) in [6.07, 6.45) is 3.67. The number of ether oxygens (including phenoxy) is 1. The molecule has 20 heavy (non-hydrogen) atoms. The van der Waals surface area contributed by atoms with Gasteiger partial charge in [-0.05, 0) is 42.9 Å². The first-order valence-corrected chi connectivity index (χ1v) is 7.25. The summed E-state index contributed by atoms with van der Waals surface area (Å²) in [5, 5.41) is 3.54. The van der Waals surface area contributed by atoms with Crippen LogP contribution in [0.5, 0.6) is 5.75 Å². The second-order valence-corrected chi connectivity index (χ2v) is 5.93. The molecule has 1 aromatic rings. The highest BCUT2D eigenvalue weighted by Crippen LogP contribution is 2.33. The zero-order valence-electron chi connectivity index (χ0n) is 12.5. The van der Waals surface area contributed by atoms with E-state index in [1.54, 1.807) is 25.3 Å². The van der Waals surface area contributed by atoms with E-state index in [4.69, 9.17) is 10.5 Å². The van der Waals surface area contributed by atoms with Crippen molar-refractivity contribution in [3.05, 3.63) is 23.8 Å². The number of anilines is 1. The van der Waals surface area contributed by atoms with E-state index in [0.717, 1.165) is 23.8 Å². The molecular weight excluding hydrogens is 252 g/mol. The third kappa shape index (κ3) is 3.24. The number of nitrogens with one attached hydrogen (secondary N) is 1.